The van der Waals surface area contributed by atoms with Crippen molar-refractivity contribution in [3.63, 3.8) is 0 Å². The second kappa shape index (κ2) is 66.3. The van der Waals surface area contributed by atoms with Crippen LogP contribution in [0.3, 0.4) is 0 Å². The average molecular weight is 1080 g/mol. The number of aliphatic hydroxyl groups excluding tert-OH is 2. The zero-order valence-corrected chi connectivity index (χ0v) is 51.7. The van der Waals surface area contributed by atoms with Crippen molar-refractivity contribution in [1.82, 2.24) is 5.32 Å². The molecule has 0 bridgehead atoms. The van der Waals surface area contributed by atoms with Gasteiger partial charge in [0.25, 0.3) is 0 Å². The van der Waals surface area contributed by atoms with Crippen LogP contribution in [-0.2, 0) is 14.3 Å². The molecule has 0 aliphatic rings. The van der Waals surface area contributed by atoms with Gasteiger partial charge in [-0.3, -0.25) is 9.59 Å². The number of esters is 1. The van der Waals surface area contributed by atoms with Crippen LogP contribution < -0.4 is 5.32 Å². The van der Waals surface area contributed by atoms with Crippen LogP contribution in [0.4, 0.5) is 0 Å². The number of hydrogen-bond acceptors (Lipinski definition) is 5. The van der Waals surface area contributed by atoms with Gasteiger partial charge in [0.15, 0.2) is 0 Å². The molecule has 0 saturated heterocycles. The molecular weight excluding hydrogens is 947 g/mol. The van der Waals surface area contributed by atoms with Crippen molar-refractivity contribution in [2.75, 3.05) is 13.2 Å². The first-order valence-electron chi connectivity index (χ1n) is 34.4. The molecule has 2 unspecified atom stereocenters. The number of aliphatic hydroxyl groups is 2. The molecule has 6 heteroatoms. The molecular formula is C71H133NO5. The van der Waals surface area contributed by atoms with Gasteiger partial charge in [-0.2, -0.15) is 0 Å². The fraction of sp³-hybridized carbons (Fsp3) is 0.859. The topological polar surface area (TPSA) is 95.9 Å². The average Bonchev–Trinajstić information content (AvgIpc) is 3.43. The molecule has 0 rings (SSSR count). The van der Waals surface area contributed by atoms with E-state index in [1.807, 2.05) is 6.08 Å². The quantitative estimate of drug-likeness (QED) is 0.0320. The Morgan fingerprint density at radius 1 is 0.364 bits per heavy atom. The lowest BCUT2D eigenvalue weighted by Crippen LogP contribution is -2.45. The van der Waals surface area contributed by atoms with Crippen molar-refractivity contribution >= 4 is 11.9 Å². The number of ether oxygens (including phenoxy) is 1. The molecule has 0 heterocycles. The van der Waals surface area contributed by atoms with Crippen LogP contribution in [0.2, 0.25) is 0 Å². The first-order chi connectivity index (χ1) is 38.0. The molecule has 77 heavy (non-hydrogen) atoms. The molecule has 3 N–H and O–H groups in total. The molecule has 1 amide bonds. The summed E-state index contributed by atoms with van der Waals surface area (Å²) in [7, 11) is 0. The van der Waals surface area contributed by atoms with Crippen LogP contribution in [-0.4, -0.2) is 47.4 Å². The predicted octanol–water partition coefficient (Wildman–Crippen LogP) is 22.1. The highest BCUT2D eigenvalue weighted by atomic mass is 16.5. The smallest absolute Gasteiger partial charge is 0.305 e. The number of carbonyl (C=O) groups excluding carboxylic acids is 2. The summed E-state index contributed by atoms with van der Waals surface area (Å²) < 4.78 is 5.48. The molecule has 6 nitrogen and oxygen atoms in total. The molecule has 2 atom stereocenters. The Morgan fingerprint density at radius 3 is 1.03 bits per heavy atom. The van der Waals surface area contributed by atoms with E-state index in [0.717, 1.165) is 51.4 Å². The molecule has 452 valence electrons. The fourth-order valence-corrected chi connectivity index (χ4v) is 10.5. The number of rotatable bonds is 64. The van der Waals surface area contributed by atoms with Gasteiger partial charge in [-0.15, -0.1) is 0 Å². The Balaban J connectivity index is 3.42. The number of hydrogen-bond donors (Lipinski definition) is 3. The maximum absolute atomic E-state index is 12.5. The Kier molecular flexibility index (Phi) is 64.5. The fourth-order valence-electron chi connectivity index (χ4n) is 10.5. The molecule has 0 saturated carbocycles. The predicted molar refractivity (Wildman–Crippen MR) is 338 cm³/mol. The highest BCUT2D eigenvalue weighted by molar-refractivity contribution is 5.76. The van der Waals surface area contributed by atoms with Gasteiger partial charge in [-0.1, -0.05) is 313 Å². The summed E-state index contributed by atoms with van der Waals surface area (Å²) in [6.45, 7) is 4.89. The van der Waals surface area contributed by atoms with E-state index in [1.54, 1.807) is 6.08 Å². The summed E-state index contributed by atoms with van der Waals surface area (Å²) >= 11 is 0. The van der Waals surface area contributed by atoms with E-state index < -0.39 is 12.1 Å². The third-order valence-corrected chi connectivity index (χ3v) is 15.8. The molecule has 0 fully saturated rings. The zero-order valence-electron chi connectivity index (χ0n) is 51.7. The van der Waals surface area contributed by atoms with E-state index in [1.165, 1.54) is 289 Å². The van der Waals surface area contributed by atoms with Crippen molar-refractivity contribution < 1.29 is 24.5 Å². The summed E-state index contributed by atoms with van der Waals surface area (Å²) in [6, 6.07) is -0.631. The number of amides is 1. The molecule has 0 aromatic carbocycles. The van der Waals surface area contributed by atoms with Crippen LogP contribution in [0.5, 0.6) is 0 Å². The first-order valence-corrected chi connectivity index (χ1v) is 34.4. The minimum absolute atomic E-state index is 0.0000696. The summed E-state index contributed by atoms with van der Waals surface area (Å²) in [5, 5.41) is 23.2. The molecule has 0 aliphatic carbocycles. The first kappa shape index (κ1) is 74.8. The van der Waals surface area contributed by atoms with E-state index in [2.05, 4.69) is 55.6 Å². The maximum atomic E-state index is 12.5. The zero-order chi connectivity index (χ0) is 55.7. The molecule has 0 radical (unpaired) electrons. The number of nitrogens with one attached hydrogen (secondary N) is 1. The van der Waals surface area contributed by atoms with Gasteiger partial charge in [-0.05, 0) is 89.9 Å². The largest absolute Gasteiger partial charge is 0.466 e. The molecule has 0 aromatic heterocycles. The van der Waals surface area contributed by atoms with Crippen LogP contribution in [0.25, 0.3) is 0 Å². The third-order valence-electron chi connectivity index (χ3n) is 15.8. The minimum Gasteiger partial charge on any atom is -0.466 e. The number of carbonyl (C=O) groups is 2. The highest BCUT2D eigenvalue weighted by Gasteiger charge is 2.18. The van der Waals surface area contributed by atoms with Gasteiger partial charge >= 0.3 is 5.97 Å². The van der Waals surface area contributed by atoms with Crippen molar-refractivity contribution in [2.45, 2.75) is 379 Å². The maximum Gasteiger partial charge on any atom is 0.305 e. The lowest BCUT2D eigenvalue weighted by Gasteiger charge is -2.20. The molecule has 0 spiro atoms. The van der Waals surface area contributed by atoms with Gasteiger partial charge in [0.2, 0.25) is 5.91 Å². The number of unbranched alkanes of at least 4 members (excludes halogenated alkanes) is 47. The Hall–Kier alpha value is -2.18. The third kappa shape index (κ3) is 62.9. The van der Waals surface area contributed by atoms with Gasteiger partial charge in [0.1, 0.15) is 0 Å². The van der Waals surface area contributed by atoms with Gasteiger partial charge in [0, 0.05) is 12.8 Å². The van der Waals surface area contributed by atoms with E-state index in [-0.39, 0.29) is 18.5 Å². The summed E-state index contributed by atoms with van der Waals surface area (Å²) in [5.41, 5.74) is 0. The van der Waals surface area contributed by atoms with Crippen LogP contribution in [0, 0.1) is 0 Å². The van der Waals surface area contributed by atoms with E-state index >= 15 is 0 Å². The second-order valence-electron chi connectivity index (χ2n) is 23.5. The molecule has 0 aliphatic heterocycles. The van der Waals surface area contributed by atoms with Gasteiger partial charge in [-0.25, -0.2) is 0 Å². The lowest BCUT2D eigenvalue weighted by atomic mass is 10.0. The van der Waals surface area contributed by atoms with E-state index in [0.29, 0.717) is 19.4 Å². The molecule has 0 aromatic rings. The van der Waals surface area contributed by atoms with E-state index in [9.17, 15) is 19.8 Å². The normalized spacial score (nSPS) is 12.8. The van der Waals surface area contributed by atoms with E-state index in [4.69, 9.17) is 4.74 Å². The Morgan fingerprint density at radius 2 is 0.649 bits per heavy atom. The Labute approximate surface area is 480 Å². The second-order valence-corrected chi connectivity index (χ2v) is 23.5. The lowest BCUT2D eigenvalue weighted by molar-refractivity contribution is -0.143. The van der Waals surface area contributed by atoms with Gasteiger partial charge in [0.05, 0.1) is 25.4 Å². The summed E-state index contributed by atoms with van der Waals surface area (Å²) in [6.07, 6.45) is 86.0. The van der Waals surface area contributed by atoms with Crippen LogP contribution in [0.15, 0.2) is 48.6 Å². The summed E-state index contributed by atoms with van der Waals surface area (Å²) in [5.74, 6) is -0.0675. The van der Waals surface area contributed by atoms with Crippen molar-refractivity contribution in [3.8, 4) is 0 Å². The minimum atomic E-state index is -0.847. The van der Waals surface area contributed by atoms with Crippen molar-refractivity contribution in [1.29, 1.82) is 0 Å². The monoisotopic (exact) mass is 1080 g/mol. The van der Waals surface area contributed by atoms with Crippen LogP contribution >= 0.6 is 0 Å². The standard InChI is InChI=1S/C71H133NO5/c1-3-5-7-9-11-13-15-17-19-20-29-32-36-39-43-47-51-55-59-63-69(74)68(67-73)72-70(75)64-60-56-52-48-44-40-37-33-30-27-25-23-21-22-24-26-28-31-34-38-42-46-50-54-58-62-66-77-71(76)65-61-57-53-49-45-41-35-18-16-14-12-10-8-6-4-2/h12,14,18,21,23,35,59,63,68-69,73-74H,3-11,13,15-17,19-20,22,24-34,36-58,60-62,64-67H2,1-2H3,(H,72,75)/b14-12-,23-21-,35-18-,63-59+. The van der Waals surface area contributed by atoms with Crippen LogP contribution in [0.1, 0.15) is 367 Å². The number of allylic oxidation sites excluding steroid dienone is 7. The Bertz CT molecular complexity index is 1290. The highest BCUT2D eigenvalue weighted by Crippen LogP contribution is 2.18. The van der Waals surface area contributed by atoms with Crippen molar-refractivity contribution in [2.24, 2.45) is 0 Å². The SMILES string of the molecule is CCCCC/C=C\C/C=C\CCCCCCCC(=O)OCCCCCCCCCCCCCC/C=C\CCCCCCCCCCCCC(=O)NC(CO)C(O)/C=C/CCCCCCCCCCCCCCCCCCC. The summed E-state index contributed by atoms with van der Waals surface area (Å²) in [4.78, 5) is 24.6. The van der Waals surface area contributed by atoms with Crippen molar-refractivity contribution in [3.05, 3.63) is 48.6 Å². The van der Waals surface area contributed by atoms with Gasteiger partial charge < -0.3 is 20.3 Å².